The van der Waals surface area contributed by atoms with E-state index in [0.29, 0.717) is 24.1 Å². The smallest absolute Gasteiger partial charge is 0.159 e. The van der Waals surface area contributed by atoms with Gasteiger partial charge in [-0.3, -0.25) is 0 Å². The Balaban J connectivity index is 2.22. The highest BCUT2D eigenvalue weighted by Gasteiger charge is 2.15. The largest absolute Gasteiger partial charge is 0.491 e. The Morgan fingerprint density at radius 3 is 2.79 bits per heavy atom. The summed E-state index contributed by atoms with van der Waals surface area (Å²) in [4.78, 5) is 8.62. The lowest BCUT2D eigenvalue weighted by molar-refractivity contribution is 0.337. The molecular weight excluding hydrogens is 260 g/mol. The van der Waals surface area contributed by atoms with Crippen molar-refractivity contribution in [3.63, 3.8) is 0 Å². The zero-order valence-electron chi connectivity index (χ0n) is 11.0. The van der Waals surface area contributed by atoms with E-state index in [2.05, 4.69) is 23.0 Å². The molecule has 1 aromatic rings. The summed E-state index contributed by atoms with van der Waals surface area (Å²) in [5.41, 5.74) is 2.23. The average molecular weight is 276 g/mol. The van der Waals surface area contributed by atoms with Gasteiger partial charge in [0.15, 0.2) is 17.1 Å². The van der Waals surface area contributed by atoms with Crippen LogP contribution in [0.1, 0.15) is 26.1 Å². The highest BCUT2D eigenvalue weighted by molar-refractivity contribution is 7.78. The first-order chi connectivity index (χ1) is 9.22. The molecule has 0 aliphatic heterocycles. The first-order valence-electron chi connectivity index (χ1n) is 6.20. The molecular formula is C14H16N2O2S. The molecule has 2 rings (SSSR count). The number of nitrogens with zero attached hydrogens (tertiary/aromatic N) is 2. The molecule has 5 heteroatoms. The van der Waals surface area contributed by atoms with Gasteiger partial charge in [-0.05, 0) is 31.1 Å². The van der Waals surface area contributed by atoms with E-state index >= 15 is 0 Å². The number of hydrogen-bond donors (Lipinski definition) is 0. The van der Waals surface area contributed by atoms with Crippen molar-refractivity contribution in [3.05, 3.63) is 36.1 Å². The van der Waals surface area contributed by atoms with E-state index in [0.717, 1.165) is 17.8 Å². The van der Waals surface area contributed by atoms with Gasteiger partial charge in [-0.25, -0.2) is 9.97 Å². The van der Waals surface area contributed by atoms with Crippen LogP contribution in [-0.4, -0.2) is 22.1 Å². The van der Waals surface area contributed by atoms with E-state index in [1.807, 2.05) is 13.0 Å². The molecule has 1 aromatic heterocycles. The Labute approximate surface area is 118 Å². The Bertz CT molecular complexity index is 509. The van der Waals surface area contributed by atoms with Crippen LogP contribution in [0.2, 0.25) is 0 Å². The van der Waals surface area contributed by atoms with Crippen LogP contribution in [0.3, 0.4) is 0 Å². The van der Waals surface area contributed by atoms with Crippen LogP contribution >= 0.6 is 12.2 Å². The van der Waals surface area contributed by atoms with Crippen molar-refractivity contribution in [3.8, 4) is 5.75 Å². The molecule has 19 heavy (non-hydrogen) atoms. The Hall–Kier alpha value is -1.75. The van der Waals surface area contributed by atoms with Gasteiger partial charge in [0.25, 0.3) is 0 Å². The van der Waals surface area contributed by atoms with Crippen LogP contribution in [0.5, 0.6) is 5.75 Å². The van der Waals surface area contributed by atoms with E-state index in [9.17, 15) is 0 Å². The lowest BCUT2D eigenvalue weighted by atomic mass is 9.96. The molecule has 1 heterocycles. The number of allylic oxidation sites excluding steroid dienone is 4. The van der Waals surface area contributed by atoms with Gasteiger partial charge in [0.2, 0.25) is 0 Å². The van der Waals surface area contributed by atoms with Gasteiger partial charge < -0.3 is 9.47 Å². The van der Waals surface area contributed by atoms with Crippen LogP contribution in [0.15, 0.2) is 30.3 Å². The number of aromatic nitrogens is 2. The summed E-state index contributed by atoms with van der Waals surface area (Å²) < 4.78 is 10.6. The molecule has 0 fully saturated rings. The molecule has 0 aromatic carbocycles. The van der Waals surface area contributed by atoms with Gasteiger partial charge >= 0.3 is 0 Å². The third kappa shape index (κ3) is 3.61. The number of ether oxygens (including phenoxy) is 2. The van der Waals surface area contributed by atoms with Crippen LogP contribution in [-0.2, 0) is 4.74 Å². The molecule has 0 radical (unpaired) electrons. The topological polar surface area (TPSA) is 44.2 Å². The van der Waals surface area contributed by atoms with Crippen LogP contribution in [0.4, 0.5) is 0 Å². The molecule has 100 valence electrons. The summed E-state index contributed by atoms with van der Waals surface area (Å²) in [7, 11) is 0. The zero-order valence-corrected chi connectivity index (χ0v) is 11.8. The van der Waals surface area contributed by atoms with E-state index in [1.54, 1.807) is 12.4 Å². The minimum atomic E-state index is 0.375. The fourth-order valence-electron chi connectivity index (χ4n) is 1.95. The summed E-state index contributed by atoms with van der Waals surface area (Å²) >= 11 is 4.72. The third-order valence-corrected chi connectivity index (χ3v) is 2.80. The second-order valence-corrected chi connectivity index (χ2v) is 4.50. The molecule has 0 saturated heterocycles. The summed E-state index contributed by atoms with van der Waals surface area (Å²) in [6.45, 7) is 4.65. The van der Waals surface area contributed by atoms with Crippen molar-refractivity contribution in [2.45, 2.75) is 20.3 Å². The molecule has 4 nitrogen and oxygen atoms in total. The van der Waals surface area contributed by atoms with Crippen molar-refractivity contribution in [2.75, 3.05) is 6.61 Å². The van der Waals surface area contributed by atoms with E-state index < -0.39 is 0 Å². The van der Waals surface area contributed by atoms with Crippen molar-refractivity contribution in [1.29, 1.82) is 0 Å². The quantitative estimate of drug-likeness (QED) is 0.773. The van der Waals surface area contributed by atoms with Gasteiger partial charge in [0.1, 0.15) is 5.76 Å². The number of hydrogen-bond acceptors (Lipinski definition) is 5. The first kappa shape index (κ1) is 13.7. The second-order valence-electron chi connectivity index (χ2n) is 4.30. The second kappa shape index (κ2) is 6.43. The van der Waals surface area contributed by atoms with Crippen molar-refractivity contribution in [2.24, 2.45) is 5.92 Å². The predicted octanol–water partition coefficient (Wildman–Crippen LogP) is 3.16. The minimum absolute atomic E-state index is 0.375. The first-order valence-corrected chi connectivity index (χ1v) is 6.68. The van der Waals surface area contributed by atoms with Crippen molar-refractivity contribution in [1.82, 2.24) is 9.97 Å². The van der Waals surface area contributed by atoms with Crippen LogP contribution < -0.4 is 4.74 Å². The lowest BCUT2D eigenvalue weighted by Gasteiger charge is -2.16. The fraction of sp³-hybridized carbons (Fsp3) is 0.357. The standard InChI is InChI=1S/C14H16N2O2S/c1-3-17-13-7-15-14(16-8-13)11-4-10(2)5-12(6-11)18-9-19/h4,6-10H,3,5H2,1-2H3. The number of rotatable bonds is 5. The Morgan fingerprint density at radius 1 is 1.42 bits per heavy atom. The van der Waals surface area contributed by atoms with Gasteiger partial charge in [-0.2, -0.15) is 0 Å². The number of thiocarbonyl (C=S) groups is 1. The summed E-state index contributed by atoms with van der Waals surface area (Å²) in [6.07, 6.45) is 8.26. The Kier molecular flexibility index (Phi) is 4.63. The van der Waals surface area contributed by atoms with Crippen LogP contribution in [0.25, 0.3) is 5.57 Å². The highest BCUT2D eigenvalue weighted by atomic mass is 32.1. The highest BCUT2D eigenvalue weighted by Crippen LogP contribution is 2.27. The van der Waals surface area contributed by atoms with Gasteiger partial charge in [-0.1, -0.05) is 13.0 Å². The zero-order chi connectivity index (χ0) is 13.7. The Morgan fingerprint density at radius 2 is 2.16 bits per heavy atom. The van der Waals surface area contributed by atoms with Gasteiger partial charge in [0.05, 0.1) is 19.0 Å². The minimum Gasteiger partial charge on any atom is -0.491 e. The summed E-state index contributed by atoms with van der Waals surface area (Å²) in [5, 5.41) is 0. The normalized spacial score (nSPS) is 18.3. The molecule has 0 bridgehead atoms. The molecule has 1 aliphatic rings. The molecule has 1 atom stereocenters. The molecule has 0 amide bonds. The molecule has 1 aliphatic carbocycles. The lowest BCUT2D eigenvalue weighted by Crippen LogP contribution is -2.05. The van der Waals surface area contributed by atoms with Crippen molar-refractivity contribution >= 4 is 23.3 Å². The molecule has 0 spiro atoms. The summed E-state index contributed by atoms with van der Waals surface area (Å²) in [5.74, 6) is 2.56. The maximum atomic E-state index is 5.33. The van der Waals surface area contributed by atoms with E-state index in [4.69, 9.17) is 21.7 Å². The van der Waals surface area contributed by atoms with Gasteiger partial charge in [-0.15, -0.1) is 0 Å². The maximum absolute atomic E-state index is 5.33. The van der Waals surface area contributed by atoms with E-state index in [-0.39, 0.29) is 0 Å². The van der Waals surface area contributed by atoms with E-state index in [1.165, 1.54) is 5.55 Å². The van der Waals surface area contributed by atoms with Crippen molar-refractivity contribution < 1.29 is 9.47 Å². The summed E-state index contributed by atoms with van der Waals surface area (Å²) in [6, 6.07) is 0. The third-order valence-electron chi connectivity index (χ3n) is 2.70. The fourth-order valence-corrected chi connectivity index (χ4v) is 2.08. The monoisotopic (exact) mass is 276 g/mol. The molecule has 0 N–H and O–H groups in total. The SMILES string of the molecule is CCOc1cnc(C2=CC(C)CC(OC=S)=C2)nc1. The predicted molar refractivity (Wildman–Crippen MR) is 77.8 cm³/mol. The molecule has 0 saturated carbocycles. The average Bonchev–Trinajstić information content (AvgIpc) is 2.40. The molecule has 1 unspecified atom stereocenters. The maximum Gasteiger partial charge on any atom is 0.159 e. The van der Waals surface area contributed by atoms with Gasteiger partial charge in [0, 0.05) is 12.0 Å². The van der Waals surface area contributed by atoms with Crippen LogP contribution in [0, 0.1) is 5.92 Å².